The lowest BCUT2D eigenvalue weighted by atomic mass is 9.85. The molecule has 34 heavy (non-hydrogen) atoms. The number of imidazole rings is 1. The Balaban J connectivity index is 1.41. The highest BCUT2D eigenvalue weighted by atomic mass is 16.3. The molecule has 2 unspecified atom stereocenters. The van der Waals surface area contributed by atoms with Crippen LogP contribution in [0.3, 0.4) is 0 Å². The zero-order valence-electron chi connectivity index (χ0n) is 19.9. The van der Waals surface area contributed by atoms with E-state index in [1.807, 2.05) is 33.0 Å². The summed E-state index contributed by atoms with van der Waals surface area (Å²) in [5.74, 6) is 0.214. The van der Waals surface area contributed by atoms with Crippen LogP contribution in [-0.4, -0.2) is 71.6 Å². The van der Waals surface area contributed by atoms with Crippen molar-refractivity contribution < 1.29 is 14.7 Å². The van der Waals surface area contributed by atoms with Crippen molar-refractivity contribution in [1.29, 1.82) is 5.26 Å². The van der Waals surface area contributed by atoms with E-state index in [0.717, 1.165) is 18.5 Å². The molecule has 2 N–H and O–H groups in total. The van der Waals surface area contributed by atoms with Crippen molar-refractivity contribution in [3.8, 4) is 6.07 Å². The monoisotopic (exact) mass is 468 g/mol. The maximum Gasteiger partial charge on any atom is 0.248 e. The highest BCUT2D eigenvalue weighted by Crippen LogP contribution is 2.40. The SMILES string of the molecule is CC(C)(C)[C@@H](C(=O)N1CC(O)CC1C(=O)NCCCn1ccnc1C#N)n1cc(C2CC2)nn1. The van der Waals surface area contributed by atoms with Crippen molar-refractivity contribution in [3.63, 3.8) is 0 Å². The summed E-state index contributed by atoms with van der Waals surface area (Å²) in [5, 5.41) is 30.7. The second-order valence-corrected chi connectivity index (χ2v) is 10.3. The molecule has 0 aromatic carbocycles. The molecule has 0 bridgehead atoms. The smallest absolute Gasteiger partial charge is 0.248 e. The Labute approximate surface area is 198 Å². The van der Waals surface area contributed by atoms with Crippen LogP contribution < -0.4 is 5.32 Å². The van der Waals surface area contributed by atoms with E-state index in [2.05, 4.69) is 20.6 Å². The zero-order chi connectivity index (χ0) is 24.5. The summed E-state index contributed by atoms with van der Waals surface area (Å²) in [6, 6.07) is 0.633. The second-order valence-electron chi connectivity index (χ2n) is 10.3. The third-order valence-electron chi connectivity index (χ3n) is 6.40. The maximum atomic E-state index is 13.7. The van der Waals surface area contributed by atoms with Gasteiger partial charge in [-0.2, -0.15) is 5.26 Å². The normalized spacial score (nSPS) is 21.3. The topological polar surface area (TPSA) is 142 Å². The maximum absolute atomic E-state index is 13.7. The third kappa shape index (κ3) is 5.12. The third-order valence-corrected chi connectivity index (χ3v) is 6.40. The molecule has 1 saturated heterocycles. The van der Waals surface area contributed by atoms with E-state index in [4.69, 9.17) is 5.26 Å². The number of carbonyl (C=O) groups excluding carboxylic acids is 2. The fraction of sp³-hybridized carbons (Fsp3) is 0.652. The van der Waals surface area contributed by atoms with E-state index in [9.17, 15) is 14.7 Å². The standard InChI is InChI=1S/C23H32N8O3/c1-23(2,3)20(31-14-17(27-28-31)15-5-6-15)22(34)30-13-16(32)11-18(30)21(33)26-7-4-9-29-10-8-25-19(29)12-24/h8,10,14-16,18,20,32H,4-7,9,11,13H2,1-3H3,(H,26,33)/t16?,18?,20-/m1/s1. The van der Waals surface area contributed by atoms with Crippen molar-refractivity contribution in [2.24, 2.45) is 5.41 Å². The lowest BCUT2D eigenvalue weighted by Crippen LogP contribution is -2.50. The summed E-state index contributed by atoms with van der Waals surface area (Å²) >= 11 is 0. The number of likely N-dealkylation sites (tertiary alicyclic amines) is 1. The lowest BCUT2D eigenvalue weighted by molar-refractivity contribution is -0.144. The number of hydrogen-bond donors (Lipinski definition) is 2. The summed E-state index contributed by atoms with van der Waals surface area (Å²) in [6.07, 6.45) is 7.35. The van der Waals surface area contributed by atoms with Gasteiger partial charge in [-0.1, -0.05) is 26.0 Å². The Morgan fingerprint density at radius 2 is 2.12 bits per heavy atom. The number of aromatic nitrogens is 5. The van der Waals surface area contributed by atoms with Crippen molar-refractivity contribution in [2.75, 3.05) is 13.1 Å². The Hall–Kier alpha value is -3.26. The quantitative estimate of drug-likeness (QED) is 0.550. The number of aryl methyl sites for hydroxylation is 1. The first-order valence-electron chi connectivity index (χ1n) is 11.8. The molecule has 2 aliphatic rings. The number of nitrogens with zero attached hydrogens (tertiary/aromatic N) is 7. The van der Waals surface area contributed by atoms with Crippen LogP contribution in [0, 0.1) is 16.7 Å². The highest BCUT2D eigenvalue weighted by Gasteiger charge is 2.45. The number of amides is 2. The molecule has 2 aromatic heterocycles. The predicted molar refractivity (Wildman–Crippen MR) is 121 cm³/mol. The van der Waals surface area contributed by atoms with Gasteiger partial charge < -0.3 is 19.9 Å². The lowest BCUT2D eigenvalue weighted by Gasteiger charge is -2.34. The molecule has 2 amide bonds. The number of β-amino-alcohol motifs (C(OH)–C–C–N with tert-alkyl or cyclic N) is 1. The fourth-order valence-corrected chi connectivity index (χ4v) is 4.51. The number of aliphatic hydroxyl groups excluding tert-OH is 1. The molecule has 2 fully saturated rings. The van der Waals surface area contributed by atoms with Crippen LogP contribution in [0.5, 0.6) is 0 Å². The van der Waals surface area contributed by atoms with Crippen LogP contribution in [0.2, 0.25) is 0 Å². The molecule has 4 rings (SSSR count). The number of rotatable bonds is 8. The Morgan fingerprint density at radius 1 is 1.35 bits per heavy atom. The van der Waals surface area contributed by atoms with Crippen molar-refractivity contribution in [2.45, 2.75) is 77.1 Å². The summed E-state index contributed by atoms with van der Waals surface area (Å²) < 4.78 is 3.34. The largest absolute Gasteiger partial charge is 0.391 e. The van der Waals surface area contributed by atoms with E-state index in [-0.39, 0.29) is 24.8 Å². The van der Waals surface area contributed by atoms with Gasteiger partial charge in [0.05, 0.1) is 11.8 Å². The number of carbonyl (C=O) groups is 2. The zero-order valence-corrected chi connectivity index (χ0v) is 19.9. The fourth-order valence-electron chi connectivity index (χ4n) is 4.51. The number of nitriles is 1. The van der Waals surface area contributed by atoms with Gasteiger partial charge in [0.2, 0.25) is 17.6 Å². The first kappa shape index (κ1) is 23.9. The van der Waals surface area contributed by atoms with Gasteiger partial charge in [0.15, 0.2) is 0 Å². The van der Waals surface area contributed by atoms with Gasteiger partial charge in [0.1, 0.15) is 18.2 Å². The van der Waals surface area contributed by atoms with E-state index >= 15 is 0 Å². The summed E-state index contributed by atoms with van der Waals surface area (Å²) in [6.45, 7) is 6.91. The first-order chi connectivity index (χ1) is 16.2. The van der Waals surface area contributed by atoms with Gasteiger partial charge in [-0.15, -0.1) is 5.10 Å². The predicted octanol–water partition coefficient (Wildman–Crippen LogP) is 0.979. The molecule has 3 atom stereocenters. The summed E-state index contributed by atoms with van der Waals surface area (Å²) in [7, 11) is 0. The first-order valence-corrected chi connectivity index (χ1v) is 11.8. The minimum Gasteiger partial charge on any atom is -0.391 e. The molecular formula is C23H32N8O3. The van der Waals surface area contributed by atoms with Crippen LogP contribution in [-0.2, 0) is 16.1 Å². The highest BCUT2D eigenvalue weighted by molar-refractivity contribution is 5.90. The van der Waals surface area contributed by atoms with Gasteiger partial charge >= 0.3 is 0 Å². The Kier molecular flexibility index (Phi) is 6.70. The second kappa shape index (κ2) is 9.54. The molecule has 11 heteroatoms. The Bertz CT molecular complexity index is 1070. The van der Waals surface area contributed by atoms with E-state index in [1.54, 1.807) is 21.6 Å². The number of aliphatic hydroxyl groups is 1. The average Bonchev–Trinajstić information content (AvgIpc) is 3.17. The minimum absolute atomic E-state index is 0.105. The summed E-state index contributed by atoms with van der Waals surface area (Å²) in [5.41, 5.74) is 0.430. The molecule has 182 valence electrons. The van der Waals surface area contributed by atoms with Crippen molar-refractivity contribution in [3.05, 3.63) is 30.1 Å². The Morgan fingerprint density at radius 3 is 2.79 bits per heavy atom. The minimum atomic E-state index is -0.762. The molecule has 0 spiro atoms. The molecule has 1 aliphatic heterocycles. The molecule has 0 radical (unpaired) electrons. The molecule has 11 nitrogen and oxygen atoms in total. The van der Waals surface area contributed by atoms with E-state index in [1.165, 1.54) is 4.90 Å². The van der Waals surface area contributed by atoms with Crippen LogP contribution >= 0.6 is 0 Å². The van der Waals surface area contributed by atoms with E-state index in [0.29, 0.717) is 31.3 Å². The average molecular weight is 469 g/mol. The molecule has 2 aromatic rings. The molecule has 1 saturated carbocycles. The number of nitrogens with one attached hydrogen (secondary N) is 1. The van der Waals surface area contributed by atoms with Gasteiger partial charge in [0, 0.05) is 50.6 Å². The summed E-state index contributed by atoms with van der Waals surface area (Å²) in [4.78, 5) is 32.1. The number of hydrogen-bond acceptors (Lipinski definition) is 7. The van der Waals surface area contributed by atoms with Crippen LogP contribution in [0.4, 0.5) is 0 Å². The van der Waals surface area contributed by atoms with Crippen LogP contribution in [0.15, 0.2) is 18.6 Å². The van der Waals surface area contributed by atoms with Gasteiger partial charge in [0.25, 0.3) is 0 Å². The molecule has 1 aliphatic carbocycles. The van der Waals surface area contributed by atoms with Crippen LogP contribution in [0.1, 0.15) is 69.9 Å². The van der Waals surface area contributed by atoms with Crippen molar-refractivity contribution >= 4 is 11.8 Å². The van der Waals surface area contributed by atoms with Crippen LogP contribution in [0.25, 0.3) is 0 Å². The van der Waals surface area contributed by atoms with Crippen molar-refractivity contribution in [1.82, 2.24) is 34.8 Å². The molecule has 3 heterocycles. The molecular weight excluding hydrogens is 436 g/mol. The van der Waals surface area contributed by atoms with Gasteiger partial charge in [-0.05, 0) is 24.7 Å². The van der Waals surface area contributed by atoms with E-state index < -0.39 is 23.6 Å². The van der Waals surface area contributed by atoms with Gasteiger partial charge in [-0.3, -0.25) is 9.59 Å². The van der Waals surface area contributed by atoms with Gasteiger partial charge in [-0.25, -0.2) is 9.67 Å².